The Morgan fingerprint density at radius 2 is 2.00 bits per heavy atom. The summed E-state index contributed by atoms with van der Waals surface area (Å²) in [6, 6.07) is 6.32. The van der Waals surface area contributed by atoms with E-state index in [9.17, 15) is 0 Å². The molecule has 0 atom stereocenters. The summed E-state index contributed by atoms with van der Waals surface area (Å²) < 4.78 is 1.12. The van der Waals surface area contributed by atoms with Gasteiger partial charge in [-0.3, -0.25) is 0 Å². The van der Waals surface area contributed by atoms with Gasteiger partial charge in [0.25, 0.3) is 0 Å². The summed E-state index contributed by atoms with van der Waals surface area (Å²) in [4.78, 5) is 7.90. The Labute approximate surface area is 103 Å². The minimum absolute atomic E-state index is 0.758. The lowest BCUT2D eigenvalue weighted by atomic mass is 10.1. The molecule has 0 fully saturated rings. The molecule has 0 aliphatic heterocycles. The van der Waals surface area contributed by atoms with E-state index in [1.54, 1.807) is 12.4 Å². The number of halogens is 1. The maximum atomic E-state index is 3.95. The van der Waals surface area contributed by atoms with Crippen molar-refractivity contribution in [1.82, 2.24) is 9.97 Å². The second-order valence-electron chi connectivity index (χ2n) is 3.58. The van der Waals surface area contributed by atoms with Gasteiger partial charge >= 0.3 is 0 Å². The van der Waals surface area contributed by atoms with Gasteiger partial charge in [0.15, 0.2) is 0 Å². The fourth-order valence-electron chi connectivity index (χ4n) is 1.38. The van der Waals surface area contributed by atoms with E-state index >= 15 is 0 Å². The highest BCUT2D eigenvalue weighted by atomic mass is 79.9. The van der Waals surface area contributed by atoms with E-state index in [0.29, 0.717) is 0 Å². The molecule has 16 heavy (non-hydrogen) atoms. The molecule has 0 unspecified atom stereocenters. The number of hydrogen-bond acceptors (Lipinski definition) is 3. The molecule has 0 bridgehead atoms. The molecular weight excluding hydrogens is 266 g/mol. The number of nitrogens with one attached hydrogen (secondary N) is 1. The minimum Gasteiger partial charge on any atom is -0.378 e. The van der Waals surface area contributed by atoms with Crippen molar-refractivity contribution in [2.24, 2.45) is 0 Å². The first-order valence-electron chi connectivity index (χ1n) is 4.99. The summed E-state index contributed by atoms with van der Waals surface area (Å²) in [5, 5.41) is 3.27. The van der Waals surface area contributed by atoms with Crippen LogP contribution in [0.2, 0.25) is 0 Å². The molecule has 0 saturated heterocycles. The van der Waals surface area contributed by atoms with E-state index in [0.717, 1.165) is 16.7 Å². The molecular formula is C12H12BrN3. The molecule has 0 aliphatic carbocycles. The molecule has 0 spiro atoms. The maximum absolute atomic E-state index is 3.95. The van der Waals surface area contributed by atoms with Gasteiger partial charge in [0, 0.05) is 11.0 Å². The highest BCUT2D eigenvalue weighted by molar-refractivity contribution is 9.10. The Hall–Kier alpha value is -1.42. The Morgan fingerprint density at radius 3 is 2.69 bits per heavy atom. The summed E-state index contributed by atoms with van der Waals surface area (Å²) in [5.74, 6) is 0. The Morgan fingerprint density at radius 1 is 1.25 bits per heavy atom. The molecule has 0 radical (unpaired) electrons. The molecule has 0 aliphatic rings. The summed E-state index contributed by atoms with van der Waals surface area (Å²) in [5.41, 5.74) is 3.39. The van der Waals surface area contributed by atoms with Gasteiger partial charge in [0.05, 0.1) is 18.1 Å². The SMILES string of the molecule is Cc1ccc(CNc2cncnc2)c(Br)c1. The molecule has 82 valence electrons. The number of aromatic nitrogens is 2. The number of nitrogens with zero attached hydrogens (tertiary/aromatic N) is 2. The van der Waals surface area contributed by atoms with E-state index in [-0.39, 0.29) is 0 Å². The van der Waals surface area contributed by atoms with Crippen LogP contribution in [0, 0.1) is 6.92 Å². The third-order valence-corrected chi connectivity index (χ3v) is 2.99. The average molecular weight is 278 g/mol. The van der Waals surface area contributed by atoms with Gasteiger partial charge in [-0.15, -0.1) is 0 Å². The van der Waals surface area contributed by atoms with Crippen molar-refractivity contribution in [2.45, 2.75) is 13.5 Å². The van der Waals surface area contributed by atoms with E-state index in [1.165, 1.54) is 17.5 Å². The zero-order valence-corrected chi connectivity index (χ0v) is 10.5. The molecule has 1 N–H and O–H groups in total. The molecule has 2 rings (SSSR count). The van der Waals surface area contributed by atoms with Crippen LogP contribution in [0.3, 0.4) is 0 Å². The van der Waals surface area contributed by atoms with Gasteiger partial charge in [0.2, 0.25) is 0 Å². The smallest absolute Gasteiger partial charge is 0.115 e. The van der Waals surface area contributed by atoms with Crippen LogP contribution < -0.4 is 5.32 Å². The Bertz CT molecular complexity index is 471. The van der Waals surface area contributed by atoms with Crippen LogP contribution in [0.15, 0.2) is 41.4 Å². The molecule has 0 saturated carbocycles. The molecule has 0 amide bonds. The highest BCUT2D eigenvalue weighted by Gasteiger charge is 1.99. The first-order valence-corrected chi connectivity index (χ1v) is 5.79. The monoisotopic (exact) mass is 277 g/mol. The first kappa shape index (κ1) is 11.1. The van der Waals surface area contributed by atoms with Gasteiger partial charge in [0.1, 0.15) is 6.33 Å². The minimum atomic E-state index is 0.758. The molecule has 2 aromatic rings. The van der Waals surface area contributed by atoms with Gasteiger partial charge in [-0.2, -0.15) is 0 Å². The van der Waals surface area contributed by atoms with Crippen LogP contribution in [0.5, 0.6) is 0 Å². The van der Waals surface area contributed by atoms with Gasteiger partial charge in [-0.1, -0.05) is 28.1 Å². The fourth-order valence-corrected chi connectivity index (χ4v) is 2.02. The van der Waals surface area contributed by atoms with Crippen LogP contribution >= 0.6 is 15.9 Å². The maximum Gasteiger partial charge on any atom is 0.115 e. The van der Waals surface area contributed by atoms with Crippen molar-refractivity contribution in [3.05, 3.63) is 52.5 Å². The zero-order chi connectivity index (χ0) is 11.4. The lowest BCUT2D eigenvalue weighted by molar-refractivity contribution is 1.09. The number of rotatable bonds is 3. The number of hydrogen-bond donors (Lipinski definition) is 1. The second-order valence-corrected chi connectivity index (χ2v) is 4.43. The molecule has 3 nitrogen and oxygen atoms in total. The van der Waals surface area contributed by atoms with Crippen molar-refractivity contribution >= 4 is 21.6 Å². The van der Waals surface area contributed by atoms with Crippen LogP contribution in [0.25, 0.3) is 0 Å². The van der Waals surface area contributed by atoms with E-state index in [1.807, 2.05) is 0 Å². The Kier molecular flexibility index (Phi) is 3.51. The summed E-state index contributed by atoms with van der Waals surface area (Å²) in [6.45, 7) is 2.83. The summed E-state index contributed by atoms with van der Waals surface area (Å²) in [6.07, 6.45) is 5.04. The van der Waals surface area contributed by atoms with Gasteiger partial charge < -0.3 is 5.32 Å². The van der Waals surface area contributed by atoms with Gasteiger partial charge in [-0.05, 0) is 24.1 Å². The number of anilines is 1. The Balaban J connectivity index is 2.05. The van der Waals surface area contributed by atoms with Crippen molar-refractivity contribution in [2.75, 3.05) is 5.32 Å². The van der Waals surface area contributed by atoms with Gasteiger partial charge in [-0.25, -0.2) is 9.97 Å². The highest BCUT2D eigenvalue weighted by Crippen LogP contribution is 2.19. The van der Waals surface area contributed by atoms with E-state index in [2.05, 4.69) is 56.3 Å². The van der Waals surface area contributed by atoms with Crippen molar-refractivity contribution in [1.29, 1.82) is 0 Å². The third-order valence-electron chi connectivity index (χ3n) is 2.25. The predicted molar refractivity (Wildman–Crippen MR) is 68.2 cm³/mol. The molecule has 1 heterocycles. The van der Waals surface area contributed by atoms with Crippen molar-refractivity contribution < 1.29 is 0 Å². The predicted octanol–water partition coefficient (Wildman–Crippen LogP) is 3.16. The third kappa shape index (κ3) is 2.79. The van der Waals surface area contributed by atoms with Crippen molar-refractivity contribution in [3.8, 4) is 0 Å². The number of benzene rings is 1. The van der Waals surface area contributed by atoms with Crippen LogP contribution in [0.4, 0.5) is 5.69 Å². The van der Waals surface area contributed by atoms with Crippen LogP contribution in [-0.4, -0.2) is 9.97 Å². The second kappa shape index (κ2) is 5.07. The van der Waals surface area contributed by atoms with E-state index in [4.69, 9.17) is 0 Å². The fraction of sp³-hybridized carbons (Fsp3) is 0.167. The van der Waals surface area contributed by atoms with Crippen LogP contribution in [0.1, 0.15) is 11.1 Å². The largest absolute Gasteiger partial charge is 0.378 e. The first-order chi connectivity index (χ1) is 7.75. The topological polar surface area (TPSA) is 37.8 Å². The van der Waals surface area contributed by atoms with E-state index < -0.39 is 0 Å². The zero-order valence-electron chi connectivity index (χ0n) is 8.94. The quantitative estimate of drug-likeness (QED) is 0.937. The summed E-state index contributed by atoms with van der Waals surface area (Å²) in [7, 11) is 0. The standard InChI is InChI=1S/C12H12BrN3/c1-9-2-3-10(12(13)4-9)5-16-11-6-14-8-15-7-11/h2-4,6-8,16H,5H2,1H3. The number of aryl methyl sites for hydroxylation is 1. The lowest BCUT2D eigenvalue weighted by Crippen LogP contribution is -2.01. The van der Waals surface area contributed by atoms with Crippen LogP contribution in [-0.2, 0) is 6.54 Å². The lowest BCUT2D eigenvalue weighted by Gasteiger charge is -2.07. The molecule has 1 aromatic heterocycles. The molecule has 1 aromatic carbocycles. The summed E-state index contributed by atoms with van der Waals surface area (Å²) >= 11 is 3.55. The normalized spacial score (nSPS) is 10.1. The average Bonchev–Trinajstić information content (AvgIpc) is 2.29. The molecule has 4 heteroatoms. The van der Waals surface area contributed by atoms with Crippen molar-refractivity contribution in [3.63, 3.8) is 0 Å².